The minimum Gasteiger partial charge on any atom is -0.490 e. The van der Waals surface area contributed by atoms with Gasteiger partial charge < -0.3 is 24.8 Å². The predicted molar refractivity (Wildman–Crippen MR) is 100 cm³/mol. The number of hydrogen-bond donors (Lipinski definition) is 2. The molecule has 146 valence electrons. The van der Waals surface area contributed by atoms with E-state index in [1.165, 1.54) is 0 Å². The normalized spacial score (nSPS) is 10.8. The molecule has 0 saturated carbocycles. The van der Waals surface area contributed by atoms with Gasteiger partial charge in [0.1, 0.15) is 0 Å². The molecule has 26 heavy (non-hydrogen) atoms. The van der Waals surface area contributed by atoms with Gasteiger partial charge in [-0.2, -0.15) is 0 Å². The fourth-order valence-electron chi connectivity index (χ4n) is 2.24. The minimum absolute atomic E-state index is 0.114. The maximum absolute atomic E-state index is 12.5. The fraction of sp³-hybridized carbons (Fsp3) is 0.579. The predicted octanol–water partition coefficient (Wildman–Crippen LogP) is 2.53. The van der Waals surface area contributed by atoms with E-state index < -0.39 is 0 Å². The first-order valence-corrected chi connectivity index (χ1v) is 8.87. The van der Waals surface area contributed by atoms with Crippen LogP contribution in [0.15, 0.2) is 12.1 Å². The van der Waals surface area contributed by atoms with Crippen LogP contribution in [0.4, 0.5) is 0 Å². The summed E-state index contributed by atoms with van der Waals surface area (Å²) in [5, 5.41) is 5.40. The van der Waals surface area contributed by atoms with E-state index in [1.807, 2.05) is 41.5 Å². The lowest BCUT2D eigenvalue weighted by Gasteiger charge is -2.20. The zero-order valence-electron chi connectivity index (χ0n) is 16.5. The van der Waals surface area contributed by atoms with E-state index in [4.69, 9.17) is 14.2 Å². The molecule has 2 amide bonds. The van der Waals surface area contributed by atoms with Gasteiger partial charge in [-0.1, -0.05) is 0 Å². The van der Waals surface area contributed by atoms with Crippen LogP contribution in [0.1, 0.15) is 51.9 Å². The molecule has 1 aromatic carbocycles. The SMILES string of the molecule is CCOc1cc(C(=O)NCC(=O)NC(C)(C)C)cc(OCC)c1OCC. The highest BCUT2D eigenvalue weighted by Crippen LogP contribution is 2.39. The highest BCUT2D eigenvalue weighted by atomic mass is 16.5. The Labute approximate surface area is 155 Å². The second-order valence-electron chi connectivity index (χ2n) is 6.58. The summed E-state index contributed by atoms with van der Waals surface area (Å²) in [5.41, 5.74) is -0.0190. The van der Waals surface area contributed by atoms with Crippen LogP contribution in [-0.2, 0) is 4.79 Å². The average molecular weight is 366 g/mol. The largest absolute Gasteiger partial charge is 0.490 e. The first-order valence-electron chi connectivity index (χ1n) is 8.87. The van der Waals surface area contributed by atoms with Gasteiger partial charge in [0.05, 0.1) is 26.4 Å². The Morgan fingerprint density at radius 2 is 1.42 bits per heavy atom. The number of nitrogens with one attached hydrogen (secondary N) is 2. The van der Waals surface area contributed by atoms with E-state index in [2.05, 4.69) is 10.6 Å². The first-order chi connectivity index (χ1) is 12.2. The van der Waals surface area contributed by atoms with Crippen LogP contribution in [0, 0.1) is 0 Å². The van der Waals surface area contributed by atoms with Crippen LogP contribution < -0.4 is 24.8 Å². The van der Waals surface area contributed by atoms with Crippen molar-refractivity contribution in [3.63, 3.8) is 0 Å². The Hall–Kier alpha value is -2.44. The van der Waals surface area contributed by atoms with Crippen LogP contribution in [-0.4, -0.2) is 43.7 Å². The first kappa shape index (κ1) is 21.6. The summed E-state index contributed by atoms with van der Waals surface area (Å²) in [5.74, 6) is 0.693. The van der Waals surface area contributed by atoms with Crippen molar-refractivity contribution < 1.29 is 23.8 Å². The molecule has 0 fully saturated rings. The van der Waals surface area contributed by atoms with Crippen LogP contribution in [0.3, 0.4) is 0 Å². The Bertz CT molecular complexity index is 596. The summed E-state index contributed by atoms with van der Waals surface area (Å²) in [4.78, 5) is 24.3. The zero-order chi connectivity index (χ0) is 19.7. The molecule has 1 aromatic rings. The number of ether oxygens (including phenoxy) is 3. The highest BCUT2D eigenvalue weighted by molar-refractivity contribution is 5.97. The number of hydrogen-bond acceptors (Lipinski definition) is 5. The molecule has 0 radical (unpaired) electrons. The molecule has 2 N–H and O–H groups in total. The Morgan fingerprint density at radius 1 is 0.923 bits per heavy atom. The maximum Gasteiger partial charge on any atom is 0.251 e. The van der Waals surface area contributed by atoms with Gasteiger partial charge in [-0.3, -0.25) is 9.59 Å². The monoisotopic (exact) mass is 366 g/mol. The molecule has 0 aromatic heterocycles. The third-order valence-corrected chi connectivity index (χ3v) is 3.10. The van der Waals surface area contributed by atoms with E-state index >= 15 is 0 Å². The molecule has 0 aliphatic carbocycles. The third-order valence-electron chi connectivity index (χ3n) is 3.10. The summed E-state index contributed by atoms with van der Waals surface area (Å²) in [6.45, 7) is 12.4. The quantitative estimate of drug-likeness (QED) is 0.701. The summed E-state index contributed by atoms with van der Waals surface area (Å²) < 4.78 is 16.8. The fourth-order valence-corrected chi connectivity index (χ4v) is 2.24. The second kappa shape index (κ2) is 9.89. The third kappa shape index (κ3) is 6.82. The van der Waals surface area contributed by atoms with Gasteiger partial charge in [-0.15, -0.1) is 0 Å². The van der Waals surface area contributed by atoms with Crippen molar-refractivity contribution in [3.8, 4) is 17.2 Å². The molecular formula is C19H30N2O5. The molecule has 7 heteroatoms. The van der Waals surface area contributed by atoms with Crippen molar-refractivity contribution in [1.82, 2.24) is 10.6 Å². The molecular weight excluding hydrogens is 336 g/mol. The Kier molecular flexibility index (Phi) is 8.22. The zero-order valence-corrected chi connectivity index (χ0v) is 16.5. The van der Waals surface area contributed by atoms with Crippen LogP contribution >= 0.6 is 0 Å². The van der Waals surface area contributed by atoms with Gasteiger partial charge in [0, 0.05) is 11.1 Å². The summed E-state index contributed by atoms with van der Waals surface area (Å²) in [7, 11) is 0. The summed E-state index contributed by atoms with van der Waals surface area (Å²) in [6.07, 6.45) is 0. The van der Waals surface area contributed by atoms with Gasteiger partial charge in [-0.05, 0) is 53.7 Å². The van der Waals surface area contributed by atoms with Gasteiger partial charge in [0.2, 0.25) is 11.7 Å². The van der Waals surface area contributed by atoms with E-state index in [-0.39, 0.29) is 23.9 Å². The van der Waals surface area contributed by atoms with Crippen molar-refractivity contribution in [1.29, 1.82) is 0 Å². The summed E-state index contributed by atoms with van der Waals surface area (Å²) in [6, 6.07) is 3.18. The number of carbonyl (C=O) groups excluding carboxylic acids is 2. The lowest BCUT2D eigenvalue weighted by atomic mass is 10.1. The molecule has 0 unspecified atom stereocenters. The standard InChI is InChI=1S/C19H30N2O5/c1-7-24-14-10-13(11-15(25-8-2)17(14)26-9-3)18(23)20-12-16(22)21-19(4,5)6/h10-11H,7-9,12H2,1-6H3,(H,20,23)(H,21,22). The molecule has 0 bridgehead atoms. The van der Waals surface area contributed by atoms with E-state index in [9.17, 15) is 9.59 Å². The van der Waals surface area contributed by atoms with Crippen molar-refractivity contribution in [2.45, 2.75) is 47.1 Å². The average Bonchev–Trinajstić information content (AvgIpc) is 2.54. The molecule has 0 saturated heterocycles. The maximum atomic E-state index is 12.5. The summed E-state index contributed by atoms with van der Waals surface area (Å²) >= 11 is 0. The molecule has 0 atom stereocenters. The van der Waals surface area contributed by atoms with Crippen molar-refractivity contribution in [3.05, 3.63) is 17.7 Å². The van der Waals surface area contributed by atoms with Gasteiger partial charge in [0.25, 0.3) is 5.91 Å². The molecule has 0 spiro atoms. The molecule has 7 nitrogen and oxygen atoms in total. The smallest absolute Gasteiger partial charge is 0.251 e. The van der Waals surface area contributed by atoms with Gasteiger partial charge >= 0.3 is 0 Å². The lowest BCUT2D eigenvalue weighted by molar-refractivity contribution is -0.121. The molecule has 0 heterocycles. The highest BCUT2D eigenvalue weighted by Gasteiger charge is 2.19. The Balaban J connectivity index is 2.99. The van der Waals surface area contributed by atoms with E-state index in [1.54, 1.807) is 12.1 Å². The van der Waals surface area contributed by atoms with Crippen LogP contribution in [0.2, 0.25) is 0 Å². The van der Waals surface area contributed by atoms with E-state index in [0.717, 1.165) is 0 Å². The van der Waals surface area contributed by atoms with Gasteiger partial charge in [-0.25, -0.2) is 0 Å². The topological polar surface area (TPSA) is 85.9 Å². The lowest BCUT2D eigenvalue weighted by Crippen LogP contribution is -2.45. The number of benzene rings is 1. The second-order valence-corrected chi connectivity index (χ2v) is 6.58. The van der Waals surface area contributed by atoms with Crippen LogP contribution in [0.5, 0.6) is 17.2 Å². The van der Waals surface area contributed by atoms with E-state index in [0.29, 0.717) is 42.6 Å². The van der Waals surface area contributed by atoms with Crippen molar-refractivity contribution in [2.24, 2.45) is 0 Å². The number of carbonyl (C=O) groups is 2. The molecule has 0 aliphatic rings. The van der Waals surface area contributed by atoms with Gasteiger partial charge in [0.15, 0.2) is 11.5 Å². The molecule has 0 aliphatic heterocycles. The van der Waals surface area contributed by atoms with Crippen molar-refractivity contribution >= 4 is 11.8 Å². The van der Waals surface area contributed by atoms with Crippen LogP contribution in [0.25, 0.3) is 0 Å². The number of rotatable bonds is 9. The number of amides is 2. The minimum atomic E-state index is -0.390. The Morgan fingerprint density at radius 3 is 1.85 bits per heavy atom. The molecule has 1 rings (SSSR count). The van der Waals surface area contributed by atoms with Crippen molar-refractivity contribution in [2.75, 3.05) is 26.4 Å².